The lowest BCUT2D eigenvalue weighted by Gasteiger charge is -2.20. The number of hydrogen-bond acceptors (Lipinski definition) is 3. The first kappa shape index (κ1) is 19.9. The van der Waals surface area contributed by atoms with E-state index < -0.39 is 6.04 Å². The van der Waals surface area contributed by atoms with Crippen molar-refractivity contribution in [2.45, 2.75) is 39.3 Å². The molecule has 0 aliphatic heterocycles. The molecule has 1 atom stereocenters. The third-order valence-electron chi connectivity index (χ3n) is 3.83. The van der Waals surface area contributed by atoms with Crippen LogP contribution in [0, 0.1) is 5.92 Å². The summed E-state index contributed by atoms with van der Waals surface area (Å²) in [7, 11) is 0. The van der Waals surface area contributed by atoms with Crippen LogP contribution in [0.15, 0.2) is 48.8 Å². The van der Waals surface area contributed by atoms with Crippen molar-refractivity contribution in [2.75, 3.05) is 0 Å². The summed E-state index contributed by atoms with van der Waals surface area (Å²) in [5, 5.41) is 6.34. The fourth-order valence-electron chi connectivity index (χ4n) is 2.55. The van der Waals surface area contributed by atoms with E-state index in [1.54, 1.807) is 24.5 Å². The van der Waals surface area contributed by atoms with Crippen molar-refractivity contribution < 1.29 is 9.59 Å². The van der Waals surface area contributed by atoms with Crippen molar-refractivity contribution in [3.8, 4) is 0 Å². The zero-order valence-corrected chi connectivity index (χ0v) is 15.8. The van der Waals surface area contributed by atoms with E-state index in [-0.39, 0.29) is 24.2 Å². The van der Waals surface area contributed by atoms with Crippen LogP contribution in [0.25, 0.3) is 0 Å². The molecule has 0 saturated carbocycles. The van der Waals surface area contributed by atoms with Crippen molar-refractivity contribution in [1.29, 1.82) is 0 Å². The molecule has 0 unspecified atom stereocenters. The van der Waals surface area contributed by atoms with Crippen molar-refractivity contribution in [3.05, 3.63) is 64.9 Å². The Hall–Kier alpha value is -2.40. The summed E-state index contributed by atoms with van der Waals surface area (Å²) in [6, 6.07) is 10.3. The second-order valence-corrected chi connectivity index (χ2v) is 7.07. The van der Waals surface area contributed by atoms with Crippen LogP contribution in [-0.2, 0) is 22.6 Å². The number of carbonyl (C=O) groups is 2. The topological polar surface area (TPSA) is 71.1 Å². The molecule has 0 aliphatic rings. The molecule has 1 aromatic carbocycles. The minimum absolute atomic E-state index is 0.186. The van der Waals surface area contributed by atoms with Crippen molar-refractivity contribution >= 4 is 23.4 Å². The Kier molecular flexibility index (Phi) is 7.60. The van der Waals surface area contributed by atoms with E-state index in [9.17, 15) is 9.59 Å². The summed E-state index contributed by atoms with van der Waals surface area (Å²) in [5.41, 5.74) is 1.77. The predicted molar refractivity (Wildman–Crippen MR) is 103 cm³/mol. The van der Waals surface area contributed by atoms with Crippen molar-refractivity contribution in [3.63, 3.8) is 0 Å². The summed E-state index contributed by atoms with van der Waals surface area (Å²) >= 11 is 5.86. The van der Waals surface area contributed by atoms with Crippen LogP contribution in [-0.4, -0.2) is 22.8 Å². The monoisotopic (exact) mass is 373 g/mol. The average Bonchev–Trinajstić information content (AvgIpc) is 2.61. The molecular weight excluding hydrogens is 350 g/mol. The van der Waals surface area contributed by atoms with Crippen molar-refractivity contribution in [2.24, 2.45) is 5.92 Å². The molecule has 26 heavy (non-hydrogen) atoms. The van der Waals surface area contributed by atoms with E-state index in [1.807, 2.05) is 38.1 Å². The first-order valence-electron chi connectivity index (χ1n) is 8.64. The Morgan fingerprint density at radius 3 is 2.46 bits per heavy atom. The quantitative estimate of drug-likeness (QED) is 0.746. The molecule has 1 heterocycles. The lowest BCUT2D eigenvalue weighted by atomic mass is 10.0. The molecule has 2 amide bonds. The summed E-state index contributed by atoms with van der Waals surface area (Å²) in [4.78, 5) is 28.9. The molecule has 0 fully saturated rings. The number of nitrogens with zero attached hydrogens (tertiary/aromatic N) is 1. The largest absolute Gasteiger partial charge is 0.350 e. The lowest BCUT2D eigenvalue weighted by Crippen LogP contribution is -2.47. The van der Waals surface area contributed by atoms with Gasteiger partial charge in [0.25, 0.3) is 0 Å². The molecule has 2 rings (SSSR count). The zero-order valence-electron chi connectivity index (χ0n) is 15.0. The summed E-state index contributed by atoms with van der Waals surface area (Å²) in [6.45, 7) is 4.42. The number of carbonyl (C=O) groups excluding carboxylic acids is 2. The molecule has 6 heteroatoms. The molecule has 138 valence electrons. The maximum Gasteiger partial charge on any atom is 0.242 e. The molecule has 5 nitrogen and oxygen atoms in total. The smallest absolute Gasteiger partial charge is 0.242 e. The minimum Gasteiger partial charge on any atom is -0.350 e. The highest BCUT2D eigenvalue weighted by atomic mass is 35.5. The van der Waals surface area contributed by atoms with Gasteiger partial charge in [-0.3, -0.25) is 14.6 Å². The van der Waals surface area contributed by atoms with E-state index in [4.69, 9.17) is 11.6 Å². The molecule has 2 aromatic rings. The normalized spacial score (nSPS) is 11.8. The number of aromatic nitrogens is 1. The van der Waals surface area contributed by atoms with E-state index in [0.717, 1.165) is 11.1 Å². The third-order valence-corrected chi connectivity index (χ3v) is 4.08. The highest BCUT2D eigenvalue weighted by molar-refractivity contribution is 6.30. The Morgan fingerprint density at radius 2 is 1.85 bits per heavy atom. The average molecular weight is 374 g/mol. The highest BCUT2D eigenvalue weighted by Gasteiger charge is 2.21. The van der Waals surface area contributed by atoms with Gasteiger partial charge in [-0.05, 0) is 41.7 Å². The SMILES string of the molecule is CC(C)C[C@H](NC(=O)Cc1ccc(Cl)cc1)C(=O)NCc1cccnc1. The van der Waals surface area contributed by atoms with Gasteiger partial charge in [0.2, 0.25) is 11.8 Å². The van der Waals surface area contributed by atoms with Gasteiger partial charge in [-0.15, -0.1) is 0 Å². The zero-order chi connectivity index (χ0) is 18.9. The first-order valence-corrected chi connectivity index (χ1v) is 9.02. The third kappa shape index (κ3) is 6.84. The van der Waals surface area contributed by atoms with Crippen LogP contribution in [0.3, 0.4) is 0 Å². The number of hydrogen-bond donors (Lipinski definition) is 2. The van der Waals surface area contributed by atoms with Gasteiger partial charge in [0.1, 0.15) is 6.04 Å². The maximum atomic E-state index is 12.5. The van der Waals surface area contributed by atoms with Crippen LogP contribution in [0.1, 0.15) is 31.4 Å². The Bertz CT molecular complexity index is 718. The molecule has 0 aliphatic carbocycles. The van der Waals surface area contributed by atoms with E-state index >= 15 is 0 Å². The number of benzene rings is 1. The van der Waals surface area contributed by atoms with Crippen molar-refractivity contribution in [1.82, 2.24) is 15.6 Å². The summed E-state index contributed by atoms with van der Waals surface area (Å²) < 4.78 is 0. The molecule has 0 saturated heterocycles. The van der Waals surface area contributed by atoms with Gasteiger partial charge in [-0.2, -0.15) is 0 Å². The van der Waals surface area contributed by atoms with Crippen LogP contribution in [0.5, 0.6) is 0 Å². The molecule has 0 spiro atoms. The van der Waals surface area contributed by atoms with E-state index in [1.165, 1.54) is 0 Å². The summed E-state index contributed by atoms with van der Waals surface area (Å²) in [5.74, 6) is -0.0958. The van der Waals surface area contributed by atoms with Gasteiger partial charge in [0.15, 0.2) is 0 Å². The van der Waals surface area contributed by atoms with Gasteiger partial charge in [0, 0.05) is 24.0 Å². The van der Waals surface area contributed by atoms with Gasteiger partial charge in [0.05, 0.1) is 6.42 Å². The maximum absolute atomic E-state index is 12.5. The van der Waals surface area contributed by atoms with Gasteiger partial charge in [-0.25, -0.2) is 0 Å². The minimum atomic E-state index is -0.563. The Balaban J connectivity index is 1.93. The van der Waals surface area contributed by atoms with Crippen LogP contribution in [0.4, 0.5) is 0 Å². The number of nitrogens with one attached hydrogen (secondary N) is 2. The van der Waals surface area contributed by atoms with Gasteiger partial charge < -0.3 is 10.6 Å². The van der Waals surface area contributed by atoms with E-state index in [0.29, 0.717) is 18.0 Å². The highest BCUT2D eigenvalue weighted by Crippen LogP contribution is 2.11. The molecule has 1 aromatic heterocycles. The summed E-state index contributed by atoms with van der Waals surface area (Å²) in [6.07, 6.45) is 4.17. The van der Waals surface area contributed by atoms with Crippen LogP contribution in [0.2, 0.25) is 5.02 Å². The van der Waals surface area contributed by atoms with Crippen LogP contribution >= 0.6 is 11.6 Å². The molecular formula is C20H24ClN3O2. The number of rotatable bonds is 8. The predicted octanol–water partition coefficient (Wildman–Crippen LogP) is 3.12. The van der Waals surface area contributed by atoms with Gasteiger partial charge >= 0.3 is 0 Å². The fraction of sp³-hybridized carbons (Fsp3) is 0.350. The van der Waals surface area contributed by atoms with E-state index in [2.05, 4.69) is 15.6 Å². The molecule has 2 N–H and O–H groups in total. The van der Waals surface area contributed by atoms with Crippen LogP contribution < -0.4 is 10.6 Å². The standard InChI is InChI=1S/C20H24ClN3O2/c1-14(2)10-18(20(26)23-13-16-4-3-9-22-12-16)24-19(25)11-15-5-7-17(21)8-6-15/h3-9,12,14,18H,10-11,13H2,1-2H3,(H,23,26)(H,24,25)/t18-/m0/s1. The Morgan fingerprint density at radius 1 is 1.12 bits per heavy atom. The Labute approximate surface area is 159 Å². The van der Waals surface area contributed by atoms with Gasteiger partial charge in [-0.1, -0.05) is 43.6 Å². The number of pyridine rings is 1. The number of amides is 2. The lowest BCUT2D eigenvalue weighted by molar-refractivity contribution is -0.129. The second kappa shape index (κ2) is 9.92. The first-order chi connectivity index (χ1) is 12.4. The number of halogens is 1. The molecule has 0 bridgehead atoms. The fourth-order valence-corrected chi connectivity index (χ4v) is 2.68. The molecule has 0 radical (unpaired) electrons. The second-order valence-electron chi connectivity index (χ2n) is 6.63.